The topological polar surface area (TPSA) is 29.5 Å². The van der Waals surface area contributed by atoms with Crippen LogP contribution >= 0.6 is 11.8 Å². The Morgan fingerprint density at radius 3 is 2.82 bits per heavy atom. The van der Waals surface area contributed by atoms with Crippen LogP contribution < -0.4 is 4.74 Å². The van der Waals surface area contributed by atoms with Gasteiger partial charge in [-0.05, 0) is 35.7 Å². The molecule has 2 aromatic rings. The van der Waals surface area contributed by atoms with Gasteiger partial charge in [-0.3, -0.25) is 4.79 Å². The Morgan fingerprint density at radius 1 is 1.23 bits per heavy atom. The van der Waals surface area contributed by atoms with Gasteiger partial charge in [0, 0.05) is 6.54 Å². The second kappa shape index (κ2) is 6.44. The van der Waals surface area contributed by atoms with Crippen molar-refractivity contribution in [1.82, 2.24) is 4.90 Å². The fraction of sp³-hybridized carbons (Fsp3) is 0.278. The first-order valence-corrected chi connectivity index (χ1v) is 8.33. The number of thioether (sulfide) groups is 1. The van der Waals surface area contributed by atoms with Gasteiger partial charge in [-0.2, -0.15) is 0 Å². The molecule has 0 N–H and O–H groups in total. The minimum absolute atomic E-state index is 0.0971. The molecule has 0 radical (unpaired) electrons. The van der Waals surface area contributed by atoms with E-state index in [4.69, 9.17) is 4.74 Å². The van der Waals surface area contributed by atoms with Gasteiger partial charge < -0.3 is 9.64 Å². The second-order valence-corrected chi connectivity index (χ2v) is 6.46. The lowest BCUT2D eigenvalue weighted by atomic mass is 10.1. The fourth-order valence-electron chi connectivity index (χ4n) is 2.71. The predicted octanol–water partition coefficient (Wildman–Crippen LogP) is 3.78. The molecular weight excluding hydrogens is 294 g/mol. The van der Waals surface area contributed by atoms with Crippen molar-refractivity contribution < 1.29 is 9.53 Å². The number of aryl methyl sites for hydroxylation is 1. The van der Waals surface area contributed by atoms with Crippen LogP contribution in [0.3, 0.4) is 0 Å². The Hall–Kier alpha value is -1.94. The molecule has 1 atom stereocenters. The molecule has 0 bridgehead atoms. The zero-order chi connectivity index (χ0) is 15.5. The lowest BCUT2D eigenvalue weighted by molar-refractivity contribution is -0.128. The van der Waals surface area contributed by atoms with Crippen LogP contribution in [0.4, 0.5) is 0 Å². The summed E-state index contributed by atoms with van der Waals surface area (Å²) >= 11 is 1.70. The first kappa shape index (κ1) is 15.0. The standard InChI is InChI=1S/C18H19NO2S/c1-13-6-3-4-9-16(13)18-19(17(20)12-22-18)11-14-7-5-8-15(10-14)21-2/h3-10,18H,11-12H2,1-2H3. The normalized spacial score (nSPS) is 17.8. The summed E-state index contributed by atoms with van der Waals surface area (Å²) in [5.74, 6) is 1.56. The van der Waals surface area contributed by atoms with E-state index in [1.54, 1.807) is 18.9 Å². The highest BCUT2D eigenvalue weighted by atomic mass is 32.2. The van der Waals surface area contributed by atoms with Gasteiger partial charge in [0.25, 0.3) is 0 Å². The summed E-state index contributed by atoms with van der Waals surface area (Å²) < 4.78 is 5.27. The molecule has 1 aliphatic rings. The molecular formula is C18H19NO2S. The third-order valence-electron chi connectivity index (χ3n) is 3.91. The Labute approximate surface area is 135 Å². The first-order chi connectivity index (χ1) is 10.7. The predicted molar refractivity (Wildman–Crippen MR) is 89.9 cm³/mol. The summed E-state index contributed by atoms with van der Waals surface area (Å²) in [5.41, 5.74) is 3.54. The smallest absolute Gasteiger partial charge is 0.234 e. The highest BCUT2D eigenvalue weighted by Crippen LogP contribution is 2.40. The van der Waals surface area contributed by atoms with Gasteiger partial charge in [0.1, 0.15) is 11.1 Å². The molecule has 3 nitrogen and oxygen atoms in total. The van der Waals surface area contributed by atoms with Crippen molar-refractivity contribution in [3.8, 4) is 5.75 Å². The third kappa shape index (κ3) is 2.97. The molecule has 0 saturated carbocycles. The highest BCUT2D eigenvalue weighted by molar-refractivity contribution is 8.00. The van der Waals surface area contributed by atoms with Crippen LogP contribution in [0.25, 0.3) is 0 Å². The van der Waals surface area contributed by atoms with Crippen molar-refractivity contribution in [1.29, 1.82) is 0 Å². The van der Waals surface area contributed by atoms with Gasteiger partial charge in [-0.15, -0.1) is 11.8 Å². The van der Waals surface area contributed by atoms with E-state index in [0.29, 0.717) is 12.3 Å². The minimum atomic E-state index is 0.0971. The van der Waals surface area contributed by atoms with Gasteiger partial charge in [-0.1, -0.05) is 36.4 Å². The molecule has 1 unspecified atom stereocenters. The Balaban J connectivity index is 1.86. The van der Waals surface area contributed by atoms with E-state index in [2.05, 4.69) is 19.1 Å². The number of carbonyl (C=O) groups is 1. The van der Waals surface area contributed by atoms with Gasteiger partial charge >= 0.3 is 0 Å². The molecule has 1 aliphatic heterocycles. The molecule has 2 aromatic carbocycles. The Morgan fingerprint density at radius 2 is 2.05 bits per heavy atom. The molecule has 1 amide bonds. The average Bonchev–Trinajstić information content (AvgIpc) is 2.89. The molecule has 22 heavy (non-hydrogen) atoms. The number of hydrogen-bond acceptors (Lipinski definition) is 3. The first-order valence-electron chi connectivity index (χ1n) is 7.28. The number of benzene rings is 2. The monoisotopic (exact) mass is 313 g/mol. The Kier molecular flexibility index (Phi) is 4.39. The van der Waals surface area contributed by atoms with E-state index in [1.165, 1.54) is 11.1 Å². The van der Waals surface area contributed by atoms with Crippen molar-refractivity contribution in [3.05, 3.63) is 65.2 Å². The summed E-state index contributed by atoms with van der Waals surface area (Å²) in [6.45, 7) is 2.71. The fourth-order valence-corrected chi connectivity index (χ4v) is 4.00. The molecule has 3 rings (SSSR count). The lowest BCUT2D eigenvalue weighted by Crippen LogP contribution is -2.28. The van der Waals surface area contributed by atoms with Crippen molar-refractivity contribution in [2.75, 3.05) is 12.9 Å². The van der Waals surface area contributed by atoms with Gasteiger partial charge in [0.15, 0.2) is 0 Å². The molecule has 1 fully saturated rings. The van der Waals surface area contributed by atoms with Crippen LogP contribution in [0.15, 0.2) is 48.5 Å². The molecule has 1 heterocycles. The van der Waals surface area contributed by atoms with Crippen LogP contribution in [-0.2, 0) is 11.3 Å². The zero-order valence-electron chi connectivity index (χ0n) is 12.8. The highest BCUT2D eigenvalue weighted by Gasteiger charge is 2.33. The summed E-state index contributed by atoms with van der Waals surface area (Å²) in [6.07, 6.45) is 0. The maximum absolute atomic E-state index is 12.3. The Bertz CT molecular complexity index is 686. The lowest BCUT2D eigenvalue weighted by Gasteiger charge is -2.25. The zero-order valence-corrected chi connectivity index (χ0v) is 13.6. The van der Waals surface area contributed by atoms with Crippen LogP contribution in [0.2, 0.25) is 0 Å². The summed E-state index contributed by atoms with van der Waals surface area (Å²) in [4.78, 5) is 14.3. The number of amides is 1. The maximum atomic E-state index is 12.3. The van der Waals surface area contributed by atoms with E-state index < -0.39 is 0 Å². The second-order valence-electron chi connectivity index (χ2n) is 5.39. The molecule has 0 aromatic heterocycles. The molecule has 0 aliphatic carbocycles. The largest absolute Gasteiger partial charge is 0.497 e. The van der Waals surface area contributed by atoms with Gasteiger partial charge in [0.05, 0.1) is 12.9 Å². The van der Waals surface area contributed by atoms with E-state index >= 15 is 0 Å². The molecule has 114 valence electrons. The van der Waals surface area contributed by atoms with Crippen LogP contribution in [-0.4, -0.2) is 23.7 Å². The average molecular weight is 313 g/mol. The van der Waals surface area contributed by atoms with Crippen LogP contribution in [0, 0.1) is 6.92 Å². The van der Waals surface area contributed by atoms with Crippen molar-refractivity contribution in [3.63, 3.8) is 0 Å². The number of ether oxygens (including phenoxy) is 1. The van der Waals surface area contributed by atoms with E-state index in [-0.39, 0.29) is 11.3 Å². The quantitative estimate of drug-likeness (QED) is 0.860. The number of methoxy groups -OCH3 is 1. The molecule has 1 saturated heterocycles. The van der Waals surface area contributed by atoms with Crippen molar-refractivity contribution >= 4 is 17.7 Å². The summed E-state index contributed by atoms with van der Waals surface area (Å²) in [6, 6.07) is 16.2. The van der Waals surface area contributed by atoms with Gasteiger partial charge in [-0.25, -0.2) is 0 Å². The van der Waals surface area contributed by atoms with E-state index in [0.717, 1.165) is 11.3 Å². The maximum Gasteiger partial charge on any atom is 0.234 e. The van der Waals surface area contributed by atoms with Gasteiger partial charge in [0.2, 0.25) is 5.91 Å². The summed E-state index contributed by atoms with van der Waals surface area (Å²) in [7, 11) is 1.66. The van der Waals surface area contributed by atoms with E-state index in [1.807, 2.05) is 41.3 Å². The van der Waals surface area contributed by atoms with Crippen LogP contribution in [0.1, 0.15) is 22.1 Å². The number of hydrogen-bond donors (Lipinski definition) is 0. The number of carbonyl (C=O) groups excluding carboxylic acids is 1. The van der Waals surface area contributed by atoms with Crippen molar-refractivity contribution in [2.24, 2.45) is 0 Å². The summed E-state index contributed by atoms with van der Waals surface area (Å²) in [5, 5.41) is 0.0971. The number of rotatable bonds is 4. The van der Waals surface area contributed by atoms with Crippen molar-refractivity contribution in [2.45, 2.75) is 18.8 Å². The number of nitrogens with zero attached hydrogens (tertiary/aromatic N) is 1. The van der Waals surface area contributed by atoms with E-state index in [9.17, 15) is 4.79 Å². The SMILES string of the molecule is COc1cccc(CN2C(=O)CSC2c2ccccc2C)c1. The minimum Gasteiger partial charge on any atom is -0.497 e. The molecule has 4 heteroatoms. The molecule has 0 spiro atoms. The van der Waals surface area contributed by atoms with Crippen LogP contribution in [0.5, 0.6) is 5.75 Å². The third-order valence-corrected chi connectivity index (χ3v) is 5.15.